The first kappa shape index (κ1) is 20.2. The van der Waals surface area contributed by atoms with Gasteiger partial charge >= 0.3 is 5.97 Å². The fraction of sp³-hybridized carbons (Fsp3) is 0.476. The van der Waals surface area contributed by atoms with Gasteiger partial charge in [0.25, 0.3) is 0 Å². The van der Waals surface area contributed by atoms with Crippen LogP contribution in [0.25, 0.3) is 10.9 Å². The van der Waals surface area contributed by atoms with Crippen LogP contribution in [-0.4, -0.2) is 48.4 Å². The zero-order valence-corrected chi connectivity index (χ0v) is 16.8. The quantitative estimate of drug-likeness (QED) is 0.772. The molecule has 0 bridgehead atoms. The van der Waals surface area contributed by atoms with Crippen LogP contribution in [0.4, 0.5) is 10.1 Å². The van der Waals surface area contributed by atoms with E-state index in [-0.39, 0.29) is 41.3 Å². The van der Waals surface area contributed by atoms with Crippen LogP contribution in [0, 0.1) is 23.1 Å². The fourth-order valence-corrected chi connectivity index (χ4v) is 4.58. The van der Waals surface area contributed by atoms with E-state index >= 15 is 4.39 Å². The van der Waals surface area contributed by atoms with E-state index < -0.39 is 17.2 Å². The number of hydrogen-bond donors (Lipinski definition) is 2. The maximum Gasteiger partial charge on any atom is 0.341 e. The molecule has 0 amide bonds. The van der Waals surface area contributed by atoms with Crippen molar-refractivity contribution in [3.63, 3.8) is 0 Å². The first-order valence-electron chi connectivity index (χ1n) is 9.94. The van der Waals surface area contributed by atoms with Gasteiger partial charge < -0.3 is 24.6 Å². The summed E-state index contributed by atoms with van der Waals surface area (Å²) in [5, 5.41) is 21.6. The minimum Gasteiger partial charge on any atom is -0.487 e. The molecule has 1 fully saturated rings. The Bertz CT molecular complexity index is 1120. The average Bonchev–Trinajstić information content (AvgIpc) is 3.19. The van der Waals surface area contributed by atoms with Gasteiger partial charge in [-0.15, -0.1) is 0 Å². The topological polar surface area (TPSA) is 108 Å². The number of carboxylic acid groups (broad SMARTS) is 1. The Morgan fingerprint density at radius 3 is 2.97 bits per heavy atom. The Balaban J connectivity index is 1.85. The Morgan fingerprint density at radius 2 is 2.30 bits per heavy atom. The van der Waals surface area contributed by atoms with Gasteiger partial charge in [0.2, 0.25) is 5.43 Å². The van der Waals surface area contributed by atoms with Crippen molar-refractivity contribution in [2.45, 2.75) is 31.8 Å². The molecule has 158 valence electrons. The Labute approximate surface area is 172 Å². The number of rotatable bonds is 5. The number of carboxylic acids is 1. The number of ether oxygens (including phenoxy) is 1. The standard InChI is InChI=1S/C21H23FN4O4/c1-11-10-30-20-17-13(19(27)14(21(28)29)9-26(11)17)7-15(22)18(20)25-6-4-12(8-25)16(24-2)3-5-23/h7,9,11-12,16,24H,3-4,6,8,10H2,1-2H3,(H,28,29)/t11-,12+,16-/m0/s1. The summed E-state index contributed by atoms with van der Waals surface area (Å²) >= 11 is 0. The number of nitrogens with one attached hydrogen (secondary N) is 1. The van der Waals surface area contributed by atoms with Crippen LogP contribution in [-0.2, 0) is 0 Å². The first-order valence-corrected chi connectivity index (χ1v) is 9.94. The van der Waals surface area contributed by atoms with Crippen molar-refractivity contribution in [2.75, 3.05) is 31.6 Å². The second-order valence-electron chi connectivity index (χ2n) is 7.93. The molecule has 4 rings (SSSR count). The van der Waals surface area contributed by atoms with Crippen LogP contribution in [0.1, 0.15) is 36.2 Å². The van der Waals surface area contributed by atoms with Crippen molar-refractivity contribution in [1.82, 2.24) is 9.88 Å². The van der Waals surface area contributed by atoms with Gasteiger partial charge in [0.05, 0.1) is 29.4 Å². The van der Waals surface area contributed by atoms with Crippen LogP contribution in [0.5, 0.6) is 5.75 Å². The molecule has 0 aliphatic carbocycles. The number of anilines is 1. The predicted octanol–water partition coefficient (Wildman–Crippen LogP) is 2.12. The molecule has 2 N–H and O–H groups in total. The van der Waals surface area contributed by atoms with E-state index in [4.69, 9.17) is 10.00 Å². The highest BCUT2D eigenvalue weighted by atomic mass is 19.1. The minimum atomic E-state index is -1.34. The van der Waals surface area contributed by atoms with Gasteiger partial charge in [-0.1, -0.05) is 0 Å². The molecule has 1 aromatic heterocycles. The molecule has 0 saturated carbocycles. The van der Waals surface area contributed by atoms with Crippen LogP contribution >= 0.6 is 0 Å². The summed E-state index contributed by atoms with van der Waals surface area (Å²) in [6, 6.07) is 3.12. The van der Waals surface area contributed by atoms with E-state index in [1.54, 1.807) is 4.57 Å². The summed E-state index contributed by atoms with van der Waals surface area (Å²) in [4.78, 5) is 26.1. The molecule has 9 heteroatoms. The zero-order chi connectivity index (χ0) is 21.6. The highest BCUT2D eigenvalue weighted by Crippen LogP contribution is 2.43. The Kier molecular flexibility index (Phi) is 5.12. The van der Waals surface area contributed by atoms with Gasteiger partial charge in [-0.05, 0) is 32.4 Å². The third-order valence-corrected chi connectivity index (χ3v) is 6.16. The molecule has 1 saturated heterocycles. The van der Waals surface area contributed by atoms with E-state index in [1.165, 1.54) is 6.20 Å². The Morgan fingerprint density at radius 1 is 1.53 bits per heavy atom. The van der Waals surface area contributed by atoms with Crippen molar-refractivity contribution in [3.8, 4) is 11.8 Å². The molecule has 3 atom stereocenters. The van der Waals surface area contributed by atoms with Gasteiger partial charge in [-0.2, -0.15) is 5.26 Å². The van der Waals surface area contributed by atoms with E-state index in [1.807, 2.05) is 18.9 Å². The Hall–Kier alpha value is -3.12. The second-order valence-corrected chi connectivity index (χ2v) is 7.93. The average molecular weight is 414 g/mol. The number of carbonyl (C=O) groups is 1. The molecule has 3 heterocycles. The number of hydrogen-bond acceptors (Lipinski definition) is 6. The largest absolute Gasteiger partial charge is 0.487 e. The van der Waals surface area contributed by atoms with E-state index in [0.29, 0.717) is 30.7 Å². The number of aromatic carboxylic acids is 1. The molecule has 0 unspecified atom stereocenters. The summed E-state index contributed by atoms with van der Waals surface area (Å²) < 4.78 is 22.9. The smallest absolute Gasteiger partial charge is 0.341 e. The summed E-state index contributed by atoms with van der Waals surface area (Å²) in [6.45, 7) is 3.25. The summed E-state index contributed by atoms with van der Waals surface area (Å²) in [5.74, 6) is -1.50. The minimum absolute atomic E-state index is 0.00558. The summed E-state index contributed by atoms with van der Waals surface area (Å²) in [7, 11) is 1.81. The molecule has 8 nitrogen and oxygen atoms in total. The SMILES string of the molecule is CN[C@@H](CC#N)[C@@H]1CCN(c2c(F)cc3c(=O)c(C(=O)O)cn4c3c2OC[C@@H]4C)C1. The monoisotopic (exact) mass is 414 g/mol. The maximum absolute atomic E-state index is 15.3. The number of halogens is 1. The van der Waals surface area contributed by atoms with E-state index in [2.05, 4.69) is 11.4 Å². The lowest BCUT2D eigenvalue weighted by Crippen LogP contribution is -2.35. The summed E-state index contributed by atoms with van der Waals surface area (Å²) in [5.41, 5.74) is -0.392. The normalized spacial score (nSPS) is 21.3. The molecular weight excluding hydrogens is 391 g/mol. The first-order chi connectivity index (χ1) is 14.4. The molecular formula is C21H23FN4O4. The van der Waals surface area contributed by atoms with Crippen molar-refractivity contribution in [2.24, 2.45) is 5.92 Å². The predicted molar refractivity (Wildman–Crippen MR) is 109 cm³/mol. The van der Waals surface area contributed by atoms with Gasteiger partial charge in [0.15, 0.2) is 11.6 Å². The number of nitriles is 1. The highest BCUT2D eigenvalue weighted by Gasteiger charge is 2.35. The second kappa shape index (κ2) is 7.61. The maximum atomic E-state index is 15.3. The van der Waals surface area contributed by atoms with Gasteiger partial charge in [0.1, 0.15) is 17.9 Å². The highest BCUT2D eigenvalue weighted by molar-refractivity contribution is 5.97. The molecule has 0 radical (unpaired) electrons. The molecule has 1 aromatic carbocycles. The van der Waals surface area contributed by atoms with Crippen molar-refractivity contribution in [3.05, 3.63) is 33.9 Å². The number of pyridine rings is 1. The number of aromatic nitrogens is 1. The lowest BCUT2D eigenvalue weighted by Gasteiger charge is -2.31. The van der Waals surface area contributed by atoms with E-state index in [9.17, 15) is 14.7 Å². The lowest BCUT2D eigenvalue weighted by atomic mass is 9.97. The number of benzene rings is 1. The van der Waals surface area contributed by atoms with E-state index in [0.717, 1.165) is 12.5 Å². The zero-order valence-electron chi connectivity index (χ0n) is 16.8. The van der Waals surface area contributed by atoms with Crippen LogP contribution in [0.3, 0.4) is 0 Å². The molecule has 2 aliphatic rings. The van der Waals surface area contributed by atoms with Crippen molar-refractivity contribution >= 4 is 22.6 Å². The number of nitrogens with zero attached hydrogens (tertiary/aromatic N) is 3. The van der Waals surface area contributed by atoms with Crippen LogP contribution in [0.15, 0.2) is 17.1 Å². The fourth-order valence-electron chi connectivity index (χ4n) is 4.58. The van der Waals surface area contributed by atoms with Crippen LogP contribution < -0.4 is 20.4 Å². The summed E-state index contributed by atoms with van der Waals surface area (Å²) in [6.07, 6.45) is 2.49. The third-order valence-electron chi connectivity index (χ3n) is 6.16. The molecule has 2 aliphatic heterocycles. The van der Waals surface area contributed by atoms with Gasteiger partial charge in [-0.3, -0.25) is 4.79 Å². The van der Waals surface area contributed by atoms with Crippen molar-refractivity contribution in [1.29, 1.82) is 5.26 Å². The molecule has 0 spiro atoms. The van der Waals surface area contributed by atoms with Crippen molar-refractivity contribution < 1.29 is 19.0 Å². The lowest BCUT2D eigenvalue weighted by molar-refractivity contribution is 0.0694. The van der Waals surface area contributed by atoms with Gasteiger partial charge in [0, 0.05) is 25.3 Å². The van der Waals surface area contributed by atoms with Crippen LogP contribution in [0.2, 0.25) is 0 Å². The molecule has 30 heavy (non-hydrogen) atoms. The van der Waals surface area contributed by atoms with Gasteiger partial charge in [-0.25, -0.2) is 9.18 Å². The third kappa shape index (κ3) is 3.08. The molecule has 2 aromatic rings.